The van der Waals surface area contributed by atoms with Gasteiger partial charge in [-0.2, -0.15) is 0 Å². The predicted molar refractivity (Wildman–Crippen MR) is 66.4 cm³/mol. The molecule has 0 aliphatic heterocycles. The van der Waals surface area contributed by atoms with Crippen molar-refractivity contribution >= 4 is 22.3 Å². The Labute approximate surface area is 97.3 Å². The lowest BCUT2D eigenvalue weighted by Crippen LogP contribution is -2.11. The van der Waals surface area contributed by atoms with Crippen LogP contribution in [-0.4, -0.2) is 16.1 Å². The lowest BCUT2D eigenvalue weighted by molar-refractivity contribution is 0.597. The molecule has 0 spiro atoms. The number of H-pyrrole nitrogens is 1. The molecule has 0 saturated heterocycles. The van der Waals surface area contributed by atoms with Gasteiger partial charge in [0, 0.05) is 22.7 Å². The highest BCUT2D eigenvalue weighted by Gasteiger charge is 2.12. The van der Waals surface area contributed by atoms with Gasteiger partial charge in [-0.3, -0.25) is 0 Å². The normalized spacial score (nSPS) is 13.2. The van der Waals surface area contributed by atoms with Crippen molar-refractivity contribution in [3.8, 4) is 0 Å². The van der Waals surface area contributed by atoms with Gasteiger partial charge >= 0.3 is 0 Å². The molecule has 0 amide bonds. The maximum absolute atomic E-state index is 11.2. The van der Waals surface area contributed by atoms with E-state index >= 15 is 0 Å². The van der Waals surface area contributed by atoms with E-state index in [0.29, 0.717) is 11.4 Å². The van der Waals surface area contributed by atoms with Gasteiger partial charge in [0.2, 0.25) is 0 Å². The number of rotatable bonds is 3. The first-order valence-corrected chi connectivity index (χ1v) is 6.32. The zero-order valence-corrected chi connectivity index (χ0v) is 9.93. The van der Waals surface area contributed by atoms with E-state index in [1.807, 2.05) is 19.1 Å². The summed E-state index contributed by atoms with van der Waals surface area (Å²) in [7, 11) is 0. The molecule has 16 heavy (non-hydrogen) atoms. The highest BCUT2D eigenvalue weighted by atomic mass is 32.2. The largest absolute Gasteiger partial charge is 0.593 e. The van der Waals surface area contributed by atoms with Crippen molar-refractivity contribution in [2.45, 2.75) is 18.2 Å². The van der Waals surface area contributed by atoms with E-state index in [0.717, 1.165) is 23.0 Å². The molecule has 4 nitrogen and oxygen atoms in total. The zero-order chi connectivity index (χ0) is 11.7. The quantitative estimate of drug-likeness (QED) is 0.694. The summed E-state index contributed by atoms with van der Waals surface area (Å²) < 4.78 is 11.2. The molecule has 2 rings (SSSR count). The number of benzene rings is 1. The Morgan fingerprint density at radius 2 is 2.19 bits per heavy atom. The number of aromatic amines is 1. The third-order valence-electron chi connectivity index (χ3n) is 2.72. The summed E-state index contributed by atoms with van der Waals surface area (Å²) in [5.41, 5.74) is 8.91. The number of aromatic nitrogens is 1. The van der Waals surface area contributed by atoms with E-state index in [2.05, 4.69) is 4.98 Å². The Kier molecular flexibility index (Phi) is 3.20. The number of aryl methyl sites for hydroxylation is 1. The fourth-order valence-electron chi connectivity index (χ4n) is 1.95. The van der Waals surface area contributed by atoms with E-state index in [-0.39, 0.29) is 0 Å². The average molecular weight is 237 g/mol. The minimum atomic E-state index is -1.43. The van der Waals surface area contributed by atoms with Crippen molar-refractivity contribution in [3.05, 3.63) is 29.5 Å². The minimum Gasteiger partial charge on any atom is -0.593 e. The van der Waals surface area contributed by atoms with Gasteiger partial charge in [-0.15, -0.1) is 5.14 Å². The van der Waals surface area contributed by atoms with Crippen molar-refractivity contribution in [2.75, 3.05) is 6.54 Å². The van der Waals surface area contributed by atoms with E-state index in [9.17, 15) is 4.55 Å². The second-order valence-electron chi connectivity index (χ2n) is 3.77. The van der Waals surface area contributed by atoms with Crippen LogP contribution in [-0.2, 0) is 17.8 Å². The van der Waals surface area contributed by atoms with Gasteiger partial charge in [0.15, 0.2) is 4.90 Å². The average Bonchev–Trinajstić information content (AvgIpc) is 2.55. The SMILES string of the molecule is Cc1[nH]c2ccc([S+](N)[O-])cc2c1CCN. The Balaban J connectivity index is 2.60. The van der Waals surface area contributed by atoms with E-state index < -0.39 is 11.4 Å². The number of hydrogen-bond donors (Lipinski definition) is 3. The maximum Gasteiger partial charge on any atom is 0.174 e. The minimum absolute atomic E-state index is 0.601. The van der Waals surface area contributed by atoms with Crippen LogP contribution in [0.2, 0.25) is 0 Å². The molecule has 1 aromatic heterocycles. The topological polar surface area (TPSA) is 90.9 Å². The highest BCUT2D eigenvalue weighted by molar-refractivity contribution is 7.89. The molecule has 5 N–H and O–H groups in total. The molecule has 2 aromatic rings. The number of hydrogen-bond acceptors (Lipinski definition) is 3. The molecule has 0 aliphatic rings. The Bertz CT molecular complexity index is 507. The van der Waals surface area contributed by atoms with Crippen molar-refractivity contribution in [2.24, 2.45) is 10.9 Å². The van der Waals surface area contributed by atoms with Crippen LogP contribution in [0, 0.1) is 6.92 Å². The summed E-state index contributed by atoms with van der Waals surface area (Å²) in [6.45, 7) is 2.62. The van der Waals surface area contributed by atoms with Crippen LogP contribution >= 0.6 is 0 Å². The van der Waals surface area contributed by atoms with E-state index in [1.165, 1.54) is 5.56 Å². The molecule has 0 bridgehead atoms. The number of nitrogens with one attached hydrogen (secondary N) is 1. The summed E-state index contributed by atoms with van der Waals surface area (Å²) >= 11 is -1.43. The second-order valence-corrected chi connectivity index (χ2v) is 4.84. The summed E-state index contributed by atoms with van der Waals surface area (Å²) in [4.78, 5) is 3.93. The fraction of sp³-hybridized carbons (Fsp3) is 0.273. The van der Waals surface area contributed by atoms with Gasteiger partial charge in [0.05, 0.1) is 11.4 Å². The highest BCUT2D eigenvalue weighted by Crippen LogP contribution is 2.24. The van der Waals surface area contributed by atoms with Gasteiger partial charge in [-0.25, -0.2) is 0 Å². The summed E-state index contributed by atoms with van der Waals surface area (Å²) in [5, 5.41) is 6.44. The third kappa shape index (κ3) is 1.94. The molecule has 0 saturated carbocycles. The van der Waals surface area contributed by atoms with E-state index in [1.54, 1.807) is 6.07 Å². The smallest absolute Gasteiger partial charge is 0.174 e. The van der Waals surface area contributed by atoms with Crippen LogP contribution in [0.5, 0.6) is 0 Å². The monoisotopic (exact) mass is 237 g/mol. The summed E-state index contributed by atoms with van der Waals surface area (Å²) in [5.74, 6) is 0. The molecule has 1 atom stereocenters. The third-order valence-corrected chi connectivity index (χ3v) is 3.44. The van der Waals surface area contributed by atoms with Crippen molar-refractivity contribution < 1.29 is 4.55 Å². The second kappa shape index (κ2) is 4.47. The molecule has 0 radical (unpaired) electrons. The standard InChI is InChI=1S/C11H15N3OS/c1-7-9(4-5-12)10-6-8(16(13)15)2-3-11(10)14-7/h2-3,6,14H,4-5,12-13H2,1H3. The molecule has 1 unspecified atom stereocenters. The Morgan fingerprint density at radius 1 is 1.44 bits per heavy atom. The molecule has 86 valence electrons. The number of fused-ring (bicyclic) bond motifs is 1. The van der Waals surface area contributed by atoms with E-state index in [4.69, 9.17) is 10.9 Å². The Hall–Kier alpha value is -1.01. The predicted octanol–water partition coefficient (Wildman–Crippen LogP) is 0.959. The van der Waals surface area contributed by atoms with Gasteiger partial charge < -0.3 is 15.3 Å². The van der Waals surface area contributed by atoms with Crippen LogP contribution in [0.25, 0.3) is 10.9 Å². The van der Waals surface area contributed by atoms with Crippen molar-refractivity contribution in [3.63, 3.8) is 0 Å². The van der Waals surface area contributed by atoms with Gasteiger partial charge in [-0.05, 0) is 37.6 Å². The molecule has 0 aliphatic carbocycles. The van der Waals surface area contributed by atoms with Gasteiger partial charge in [-0.1, -0.05) is 0 Å². The van der Waals surface area contributed by atoms with Crippen LogP contribution in [0.1, 0.15) is 11.3 Å². The van der Waals surface area contributed by atoms with Gasteiger partial charge in [0.25, 0.3) is 0 Å². The zero-order valence-electron chi connectivity index (χ0n) is 9.12. The van der Waals surface area contributed by atoms with Crippen LogP contribution in [0.3, 0.4) is 0 Å². The molecular formula is C11H15N3OS. The Morgan fingerprint density at radius 3 is 2.81 bits per heavy atom. The van der Waals surface area contributed by atoms with Crippen molar-refractivity contribution in [1.82, 2.24) is 4.98 Å². The van der Waals surface area contributed by atoms with Crippen LogP contribution < -0.4 is 10.9 Å². The van der Waals surface area contributed by atoms with Crippen LogP contribution in [0.4, 0.5) is 0 Å². The lowest BCUT2D eigenvalue weighted by atomic mass is 10.1. The fourth-order valence-corrected chi connectivity index (χ4v) is 2.39. The first kappa shape index (κ1) is 11.5. The molecule has 1 heterocycles. The first-order chi connectivity index (χ1) is 7.63. The lowest BCUT2D eigenvalue weighted by Gasteiger charge is -2.03. The first-order valence-electron chi connectivity index (χ1n) is 5.11. The summed E-state index contributed by atoms with van der Waals surface area (Å²) in [6, 6.07) is 5.56. The molecular weight excluding hydrogens is 222 g/mol. The van der Waals surface area contributed by atoms with Crippen molar-refractivity contribution in [1.29, 1.82) is 0 Å². The van der Waals surface area contributed by atoms with Crippen LogP contribution in [0.15, 0.2) is 23.1 Å². The number of nitrogens with two attached hydrogens (primary N) is 2. The maximum atomic E-state index is 11.2. The van der Waals surface area contributed by atoms with Gasteiger partial charge in [0.1, 0.15) is 0 Å². The molecule has 1 aromatic carbocycles. The molecule has 0 fully saturated rings. The molecule has 5 heteroatoms. The summed E-state index contributed by atoms with van der Waals surface area (Å²) in [6.07, 6.45) is 0.812.